The number of fused-ring (bicyclic) bond motifs is 1. The predicted molar refractivity (Wildman–Crippen MR) is 128 cm³/mol. The van der Waals surface area contributed by atoms with Gasteiger partial charge < -0.3 is 19.6 Å². The minimum Gasteiger partial charge on any atom is -0.465 e. The van der Waals surface area contributed by atoms with Crippen molar-refractivity contribution in [3.05, 3.63) is 86.6 Å². The fourth-order valence-electron chi connectivity index (χ4n) is 4.11. The van der Waals surface area contributed by atoms with Crippen LogP contribution in [0.4, 0.5) is 11.7 Å². The van der Waals surface area contributed by atoms with E-state index in [9.17, 15) is 24.5 Å². The summed E-state index contributed by atoms with van der Waals surface area (Å²) in [5.74, 6) is -2.84. The number of ketones is 1. The highest BCUT2D eigenvalue weighted by Crippen LogP contribution is 2.39. The molecule has 0 atom stereocenters. The number of ether oxygens (including phenoxy) is 2. The summed E-state index contributed by atoms with van der Waals surface area (Å²) in [5, 5.41) is 11.2. The van der Waals surface area contributed by atoms with E-state index in [1.807, 2.05) is 0 Å². The molecular formula is C25H21N3O8. The molecule has 0 aliphatic carbocycles. The number of nitrogens with two attached hydrogens (primary N) is 1. The summed E-state index contributed by atoms with van der Waals surface area (Å²) in [6, 6.07) is 12.2. The molecule has 0 amide bonds. The molecule has 0 spiro atoms. The van der Waals surface area contributed by atoms with Crippen LogP contribution < -0.4 is 5.73 Å². The maximum Gasteiger partial charge on any atom is 0.433 e. The molecular weight excluding hydrogens is 470 g/mol. The van der Waals surface area contributed by atoms with E-state index in [2.05, 4.69) is 0 Å². The van der Waals surface area contributed by atoms with E-state index in [1.165, 1.54) is 16.5 Å². The van der Waals surface area contributed by atoms with Gasteiger partial charge in [-0.1, -0.05) is 30.3 Å². The van der Waals surface area contributed by atoms with Crippen LogP contribution in [0, 0.1) is 17.0 Å². The van der Waals surface area contributed by atoms with Crippen LogP contribution in [0.5, 0.6) is 0 Å². The van der Waals surface area contributed by atoms with Crippen LogP contribution >= 0.6 is 0 Å². The number of carbonyl (C=O) groups excluding carboxylic acids is 3. The molecule has 3 heterocycles. The lowest BCUT2D eigenvalue weighted by Crippen LogP contribution is -2.17. The fourth-order valence-corrected chi connectivity index (χ4v) is 4.11. The first-order valence-electron chi connectivity index (χ1n) is 10.8. The van der Waals surface area contributed by atoms with E-state index in [4.69, 9.17) is 19.6 Å². The van der Waals surface area contributed by atoms with Crippen molar-refractivity contribution in [2.24, 2.45) is 0 Å². The number of anilines is 1. The van der Waals surface area contributed by atoms with Crippen LogP contribution in [-0.4, -0.2) is 40.8 Å². The second kappa shape index (κ2) is 9.37. The smallest absolute Gasteiger partial charge is 0.433 e. The average Bonchev–Trinajstić information content (AvgIpc) is 3.49. The summed E-state index contributed by atoms with van der Waals surface area (Å²) >= 11 is 0. The molecule has 36 heavy (non-hydrogen) atoms. The van der Waals surface area contributed by atoms with Gasteiger partial charge in [0.25, 0.3) is 0 Å². The Hall–Kier alpha value is -4.93. The number of furan rings is 1. The summed E-state index contributed by atoms with van der Waals surface area (Å²) in [7, 11) is 1.14. The van der Waals surface area contributed by atoms with Crippen molar-refractivity contribution >= 4 is 34.9 Å². The Kier molecular flexibility index (Phi) is 6.30. The molecule has 4 aromatic rings. The van der Waals surface area contributed by atoms with Gasteiger partial charge in [-0.2, -0.15) is 0 Å². The van der Waals surface area contributed by atoms with Gasteiger partial charge >= 0.3 is 17.8 Å². The van der Waals surface area contributed by atoms with Gasteiger partial charge in [0.1, 0.15) is 16.5 Å². The third kappa shape index (κ3) is 3.86. The number of methoxy groups -OCH3 is 1. The lowest BCUT2D eigenvalue weighted by molar-refractivity contribution is -0.401. The number of esters is 2. The number of carbonyl (C=O) groups is 3. The van der Waals surface area contributed by atoms with Crippen molar-refractivity contribution < 1.29 is 33.2 Å². The number of nitrogens with zero attached hydrogens (tertiary/aromatic N) is 2. The first-order valence-corrected chi connectivity index (χ1v) is 10.8. The molecule has 0 saturated carbocycles. The van der Waals surface area contributed by atoms with Gasteiger partial charge in [0.05, 0.1) is 47.6 Å². The molecule has 11 heteroatoms. The number of aryl methyl sites for hydroxylation is 1. The number of aromatic nitrogens is 1. The van der Waals surface area contributed by atoms with Crippen LogP contribution in [0.15, 0.2) is 52.9 Å². The zero-order chi connectivity index (χ0) is 26.1. The van der Waals surface area contributed by atoms with Crippen LogP contribution in [0.2, 0.25) is 0 Å². The van der Waals surface area contributed by atoms with Crippen LogP contribution in [0.25, 0.3) is 16.8 Å². The monoisotopic (exact) mass is 491 g/mol. The van der Waals surface area contributed by atoms with Crippen LogP contribution in [0.3, 0.4) is 0 Å². The largest absolute Gasteiger partial charge is 0.465 e. The van der Waals surface area contributed by atoms with Crippen LogP contribution in [-0.2, 0) is 9.47 Å². The lowest BCUT2D eigenvalue weighted by atomic mass is 9.97. The molecule has 0 saturated heterocycles. The second-order valence-electron chi connectivity index (χ2n) is 7.68. The van der Waals surface area contributed by atoms with E-state index >= 15 is 0 Å². The Labute approximate surface area is 204 Å². The predicted octanol–water partition coefficient (Wildman–Crippen LogP) is 4.19. The van der Waals surface area contributed by atoms with E-state index in [0.717, 1.165) is 13.2 Å². The summed E-state index contributed by atoms with van der Waals surface area (Å²) < 4.78 is 17.0. The highest BCUT2D eigenvalue weighted by molar-refractivity contribution is 6.16. The quantitative estimate of drug-likeness (QED) is 0.173. The summed E-state index contributed by atoms with van der Waals surface area (Å²) in [5.41, 5.74) is 6.86. The van der Waals surface area contributed by atoms with Crippen molar-refractivity contribution in [3.63, 3.8) is 0 Å². The Bertz CT molecular complexity index is 1530. The fraction of sp³-hybridized carbons (Fsp3) is 0.160. The summed E-state index contributed by atoms with van der Waals surface area (Å²) in [6.45, 7) is 3.17. The molecule has 11 nitrogen and oxygen atoms in total. The van der Waals surface area contributed by atoms with Crippen molar-refractivity contribution in [2.45, 2.75) is 13.8 Å². The summed E-state index contributed by atoms with van der Waals surface area (Å²) in [4.78, 5) is 49.9. The van der Waals surface area contributed by atoms with E-state index in [1.54, 1.807) is 44.2 Å². The molecule has 4 rings (SSSR count). The number of nitrogen functional groups attached to an aromatic ring is 1. The number of rotatable bonds is 7. The van der Waals surface area contributed by atoms with Crippen molar-refractivity contribution in [1.29, 1.82) is 0 Å². The first-order chi connectivity index (χ1) is 17.2. The zero-order valence-corrected chi connectivity index (χ0v) is 19.6. The molecule has 3 aromatic heterocycles. The van der Waals surface area contributed by atoms with E-state index in [0.29, 0.717) is 5.56 Å². The highest BCUT2D eigenvalue weighted by Gasteiger charge is 2.33. The molecule has 0 aliphatic heterocycles. The number of benzene rings is 1. The van der Waals surface area contributed by atoms with Gasteiger partial charge in [-0.25, -0.2) is 9.59 Å². The molecule has 0 bridgehead atoms. The molecule has 184 valence electrons. The van der Waals surface area contributed by atoms with Crippen molar-refractivity contribution in [3.8, 4) is 11.3 Å². The normalized spacial score (nSPS) is 10.9. The lowest BCUT2D eigenvalue weighted by Gasteiger charge is -2.17. The SMILES string of the molecule is CCOC(=O)c1c(-c2ccc([N+](=O)[O-])o2)c(C(=O)OC)c2cc(C(=O)c3ccccc3)c(N)n2c1C. The molecule has 0 radical (unpaired) electrons. The highest BCUT2D eigenvalue weighted by atomic mass is 16.6. The first kappa shape index (κ1) is 24.2. The Morgan fingerprint density at radius 2 is 1.78 bits per heavy atom. The Morgan fingerprint density at radius 3 is 2.36 bits per heavy atom. The minimum absolute atomic E-state index is 0.0102. The third-order valence-electron chi connectivity index (χ3n) is 5.66. The second-order valence-corrected chi connectivity index (χ2v) is 7.68. The van der Waals surface area contributed by atoms with Gasteiger partial charge in [-0.05, 0) is 26.0 Å². The van der Waals surface area contributed by atoms with Gasteiger partial charge in [-0.3, -0.25) is 19.3 Å². The molecule has 1 aromatic carbocycles. The molecule has 2 N–H and O–H groups in total. The number of pyridine rings is 1. The van der Waals surface area contributed by atoms with Crippen molar-refractivity contribution in [1.82, 2.24) is 4.40 Å². The molecule has 0 aliphatic rings. The molecule has 0 unspecified atom stereocenters. The Balaban J connectivity index is 2.14. The maximum absolute atomic E-state index is 13.3. The van der Waals surface area contributed by atoms with Gasteiger partial charge in [0.15, 0.2) is 5.78 Å². The van der Waals surface area contributed by atoms with Crippen molar-refractivity contribution in [2.75, 3.05) is 19.5 Å². The minimum atomic E-state index is -0.879. The molecule has 0 fully saturated rings. The van der Waals surface area contributed by atoms with E-state index < -0.39 is 28.5 Å². The zero-order valence-electron chi connectivity index (χ0n) is 19.6. The standard InChI is InChI=1S/C25H21N3O8/c1-4-35-25(31)19-13(2)27-16(12-15(23(27)26)22(29)14-8-6-5-7-9-14)20(24(30)34-3)21(19)17-10-11-18(36-17)28(32)33/h5-12H,4,26H2,1-3H3. The number of hydrogen-bond donors (Lipinski definition) is 1. The topological polar surface area (TPSA) is 156 Å². The maximum atomic E-state index is 13.3. The Morgan fingerprint density at radius 1 is 1.08 bits per heavy atom. The summed E-state index contributed by atoms with van der Waals surface area (Å²) in [6.07, 6.45) is 0. The average molecular weight is 491 g/mol. The number of hydrogen-bond acceptors (Lipinski definition) is 9. The van der Waals surface area contributed by atoms with E-state index in [-0.39, 0.29) is 51.6 Å². The van der Waals surface area contributed by atoms with Gasteiger partial charge in [-0.15, -0.1) is 0 Å². The third-order valence-corrected chi connectivity index (χ3v) is 5.66. The van der Waals surface area contributed by atoms with Gasteiger partial charge in [0, 0.05) is 11.3 Å². The van der Waals surface area contributed by atoms with Crippen LogP contribution in [0.1, 0.15) is 49.3 Å². The van der Waals surface area contributed by atoms with Gasteiger partial charge in [0.2, 0.25) is 0 Å². The number of nitro groups is 1.